The largest absolute Gasteiger partial charge is 0.493 e. The first kappa shape index (κ1) is 31.8. The number of unbranched alkanes of at least 4 members (excludes halogenated alkanes) is 2. The first-order chi connectivity index (χ1) is 21.8. The number of carbonyl (C=O) groups is 2. The van der Waals surface area contributed by atoms with Crippen molar-refractivity contribution in [2.24, 2.45) is 0 Å². The van der Waals surface area contributed by atoms with Crippen LogP contribution in [0.1, 0.15) is 56.2 Å². The zero-order chi connectivity index (χ0) is 31.9. The molecule has 0 aliphatic heterocycles. The zero-order valence-corrected chi connectivity index (χ0v) is 26.8. The Bertz CT molecular complexity index is 1740. The Morgan fingerprint density at radius 1 is 0.978 bits per heavy atom. The van der Waals surface area contributed by atoms with Crippen molar-refractivity contribution >= 4 is 44.2 Å². The maximum atomic E-state index is 13.5. The molecule has 2 amide bonds. The summed E-state index contributed by atoms with van der Waals surface area (Å²) < 4.78 is 18.1. The summed E-state index contributed by atoms with van der Waals surface area (Å²) >= 11 is 1.46. The van der Waals surface area contributed by atoms with Gasteiger partial charge in [-0.25, -0.2) is 4.98 Å². The van der Waals surface area contributed by atoms with Gasteiger partial charge in [-0.15, -0.1) is 0 Å². The number of hydrogen-bond acceptors (Lipinski definition) is 9. The molecule has 4 aromatic rings. The summed E-state index contributed by atoms with van der Waals surface area (Å²) in [6.45, 7) is 2.05. The topological polar surface area (TPSA) is 128 Å². The van der Waals surface area contributed by atoms with Gasteiger partial charge in [0.05, 0.1) is 43.3 Å². The van der Waals surface area contributed by atoms with Gasteiger partial charge in [-0.2, -0.15) is 0 Å². The molecule has 5 rings (SSSR count). The lowest BCUT2D eigenvalue weighted by atomic mass is 9.95. The predicted octanol–water partition coefficient (Wildman–Crippen LogP) is 6.08. The number of aryl methyl sites for hydroxylation is 1. The number of para-hydroxylation sites is 1. The van der Waals surface area contributed by atoms with Crippen LogP contribution in [0.3, 0.4) is 0 Å². The maximum absolute atomic E-state index is 13.5. The molecule has 0 saturated carbocycles. The molecular weight excluding hydrogens is 592 g/mol. The predicted molar refractivity (Wildman–Crippen MR) is 178 cm³/mol. The second-order valence-corrected chi connectivity index (χ2v) is 11.9. The quantitative estimate of drug-likeness (QED) is 0.161. The third-order valence-corrected chi connectivity index (χ3v) is 8.80. The first-order valence-electron chi connectivity index (χ1n) is 15.0. The third kappa shape index (κ3) is 7.20. The van der Waals surface area contributed by atoms with E-state index >= 15 is 0 Å². The number of anilines is 2. The van der Waals surface area contributed by atoms with E-state index in [0.717, 1.165) is 46.2 Å². The highest BCUT2D eigenvalue weighted by Gasteiger charge is 2.29. The fourth-order valence-electron chi connectivity index (χ4n) is 5.77. The van der Waals surface area contributed by atoms with Crippen molar-refractivity contribution in [3.63, 3.8) is 0 Å². The van der Waals surface area contributed by atoms with E-state index < -0.39 is 0 Å². The van der Waals surface area contributed by atoms with E-state index in [-0.39, 0.29) is 23.3 Å². The van der Waals surface area contributed by atoms with Gasteiger partial charge < -0.3 is 30.2 Å². The molecule has 0 fully saturated rings. The van der Waals surface area contributed by atoms with Gasteiger partial charge in [-0.05, 0) is 72.7 Å². The summed E-state index contributed by atoms with van der Waals surface area (Å²) in [6, 6.07) is 14.6. The van der Waals surface area contributed by atoms with Crippen molar-refractivity contribution in [1.29, 1.82) is 0 Å². The number of ether oxygens (including phenoxy) is 3. The average molecular weight is 631 g/mol. The van der Waals surface area contributed by atoms with Crippen LogP contribution >= 0.6 is 11.3 Å². The highest BCUT2D eigenvalue weighted by atomic mass is 32.1. The van der Waals surface area contributed by atoms with Crippen LogP contribution in [0.25, 0.3) is 21.3 Å². The van der Waals surface area contributed by atoms with Crippen LogP contribution in [0.15, 0.2) is 53.3 Å². The summed E-state index contributed by atoms with van der Waals surface area (Å²) in [6.07, 6.45) is 3.95. The molecule has 0 unspecified atom stereocenters. The average Bonchev–Trinajstić information content (AvgIpc) is 3.29. The van der Waals surface area contributed by atoms with Gasteiger partial charge in [0.25, 0.3) is 0 Å². The minimum absolute atomic E-state index is 0.0564. The molecule has 45 heavy (non-hydrogen) atoms. The molecule has 10 nitrogen and oxygen atoms in total. The van der Waals surface area contributed by atoms with Crippen molar-refractivity contribution in [3.8, 4) is 28.4 Å². The molecule has 1 atom stereocenters. The second kappa shape index (κ2) is 14.4. The normalized spacial score (nSPS) is 13.6. The number of rotatable bonds is 12. The van der Waals surface area contributed by atoms with Gasteiger partial charge in [-0.1, -0.05) is 36.0 Å². The van der Waals surface area contributed by atoms with Gasteiger partial charge >= 0.3 is 0 Å². The number of amides is 2. The van der Waals surface area contributed by atoms with Crippen LogP contribution in [0, 0.1) is 0 Å². The Labute approximate surface area is 266 Å². The summed E-state index contributed by atoms with van der Waals surface area (Å²) in [7, 11) is 4.71. The molecule has 0 bridgehead atoms. The first-order valence-corrected chi connectivity index (χ1v) is 15.8. The van der Waals surface area contributed by atoms with E-state index in [1.54, 1.807) is 33.5 Å². The summed E-state index contributed by atoms with van der Waals surface area (Å²) in [5.41, 5.74) is 4.43. The lowest BCUT2D eigenvalue weighted by Gasteiger charge is -2.19. The highest BCUT2D eigenvalue weighted by Crippen LogP contribution is 2.50. The summed E-state index contributed by atoms with van der Waals surface area (Å²) in [5.74, 6) is 1.29. The maximum Gasteiger partial charge on any atom is 0.226 e. The number of nitrogens with one attached hydrogen (secondary N) is 3. The standard InChI is InChI=1S/C34H38N4O6S/c1-20(39)36-24-15-13-21-18-28(42-2)32(43-3)33(44-4)31(21)22-14-16-25(27(40)19-23(22)24)35-17-9-5-6-12-30(41)38-34-37-26-10-7-8-11-29(26)45-34/h7-8,10-11,14,16,18-19,24H,5-6,9,12-13,15,17H2,1-4H3,(H,35,40)(H,36,39)(H,37,38,41)/t24-/m0/s1. The molecule has 1 aliphatic rings. The smallest absolute Gasteiger partial charge is 0.226 e. The molecule has 0 radical (unpaired) electrons. The Morgan fingerprint density at radius 2 is 1.78 bits per heavy atom. The molecule has 1 aromatic heterocycles. The van der Waals surface area contributed by atoms with E-state index in [2.05, 4.69) is 20.9 Å². The molecule has 0 saturated heterocycles. The molecule has 1 aliphatic carbocycles. The molecule has 0 spiro atoms. The van der Waals surface area contributed by atoms with E-state index in [0.29, 0.717) is 59.4 Å². The van der Waals surface area contributed by atoms with Crippen LogP contribution in [-0.4, -0.2) is 44.7 Å². The lowest BCUT2D eigenvalue weighted by molar-refractivity contribution is -0.119. The third-order valence-electron chi connectivity index (χ3n) is 7.85. The fraction of sp³-hybridized carbons (Fsp3) is 0.353. The zero-order valence-electron chi connectivity index (χ0n) is 26.0. The van der Waals surface area contributed by atoms with Crippen LogP contribution in [0.5, 0.6) is 17.2 Å². The molecule has 236 valence electrons. The molecule has 3 N–H and O–H groups in total. The fourth-order valence-corrected chi connectivity index (χ4v) is 6.65. The minimum Gasteiger partial charge on any atom is -0.493 e. The molecule has 1 heterocycles. The Hall–Kier alpha value is -4.64. The summed E-state index contributed by atoms with van der Waals surface area (Å²) in [4.78, 5) is 42.5. The number of benzene rings is 2. The number of carbonyl (C=O) groups excluding carboxylic acids is 2. The minimum atomic E-state index is -0.367. The SMILES string of the molecule is COc1cc2c(c(OC)c1OC)-c1ccc(NCCCCCC(=O)Nc3nc4ccccc4s3)c(=O)cc1[C@@H](NC(C)=O)CC2. The van der Waals surface area contributed by atoms with Crippen LogP contribution in [0.4, 0.5) is 10.8 Å². The highest BCUT2D eigenvalue weighted by molar-refractivity contribution is 7.22. The van der Waals surface area contributed by atoms with Gasteiger partial charge in [0.2, 0.25) is 23.0 Å². The molecule has 11 heteroatoms. The number of nitrogens with zero attached hydrogens (tertiary/aromatic N) is 1. The monoisotopic (exact) mass is 630 g/mol. The Morgan fingerprint density at radius 3 is 2.51 bits per heavy atom. The Balaban J connectivity index is 1.28. The van der Waals surface area contributed by atoms with Gasteiger partial charge in [0.1, 0.15) is 0 Å². The van der Waals surface area contributed by atoms with E-state index in [9.17, 15) is 14.4 Å². The number of hydrogen-bond donors (Lipinski definition) is 3. The van der Waals surface area contributed by atoms with Crippen LogP contribution in [-0.2, 0) is 16.0 Å². The van der Waals surface area contributed by atoms with Gasteiger partial charge in [0, 0.05) is 25.5 Å². The Kier molecular flexibility index (Phi) is 10.2. The molecule has 3 aromatic carbocycles. The van der Waals surface area contributed by atoms with Crippen molar-refractivity contribution in [2.45, 2.75) is 51.5 Å². The number of fused-ring (bicyclic) bond motifs is 4. The van der Waals surface area contributed by atoms with Crippen molar-refractivity contribution in [2.75, 3.05) is 38.5 Å². The van der Waals surface area contributed by atoms with Crippen molar-refractivity contribution < 1.29 is 23.8 Å². The number of methoxy groups -OCH3 is 3. The van der Waals surface area contributed by atoms with E-state index in [1.165, 1.54) is 18.3 Å². The lowest BCUT2D eigenvalue weighted by Crippen LogP contribution is -2.26. The number of thiazole rings is 1. The van der Waals surface area contributed by atoms with Crippen molar-refractivity contribution in [1.82, 2.24) is 10.3 Å². The number of aromatic nitrogens is 1. The van der Waals surface area contributed by atoms with Crippen LogP contribution in [0.2, 0.25) is 0 Å². The van der Waals surface area contributed by atoms with Crippen LogP contribution < -0.4 is 35.6 Å². The summed E-state index contributed by atoms with van der Waals surface area (Å²) in [5, 5.41) is 9.81. The molecular formula is C34H38N4O6S. The van der Waals surface area contributed by atoms with E-state index in [4.69, 9.17) is 14.2 Å². The second-order valence-electron chi connectivity index (χ2n) is 10.9. The van der Waals surface area contributed by atoms with Gasteiger partial charge in [-0.3, -0.25) is 14.4 Å². The van der Waals surface area contributed by atoms with E-state index in [1.807, 2.05) is 36.4 Å². The van der Waals surface area contributed by atoms with Crippen molar-refractivity contribution in [3.05, 3.63) is 69.9 Å². The van der Waals surface area contributed by atoms with Gasteiger partial charge in [0.15, 0.2) is 16.6 Å².